The van der Waals surface area contributed by atoms with Crippen LogP contribution >= 0.6 is 0 Å². The molecule has 2 nitrogen and oxygen atoms in total. The molecule has 0 aromatic rings. The van der Waals surface area contributed by atoms with Gasteiger partial charge in [-0.1, -0.05) is 6.58 Å². The van der Waals surface area contributed by atoms with E-state index in [-0.39, 0.29) is 13.0 Å². The molecule has 0 aromatic heterocycles. The molecule has 0 amide bonds. The summed E-state index contributed by atoms with van der Waals surface area (Å²) in [5, 5.41) is 0. The summed E-state index contributed by atoms with van der Waals surface area (Å²) >= 11 is 0. The third-order valence-corrected chi connectivity index (χ3v) is 3.04. The Morgan fingerprint density at radius 1 is 0.778 bits per heavy atom. The monoisotopic (exact) mass is 430 g/mol. The Morgan fingerprint density at radius 2 is 1.26 bits per heavy atom. The van der Waals surface area contributed by atoms with E-state index < -0.39 is 55.7 Å². The van der Waals surface area contributed by atoms with Crippen molar-refractivity contribution in [2.75, 3.05) is 13.2 Å². The molecule has 0 aliphatic carbocycles. The van der Waals surface area contributed by atoms with Gasteiger partial charge in [0.2, 0.25) is 0 Å². The van der Waals surface area contributed by atoms with Crippen LogP contribution < -0.4 is 0 Å². The summed E-state index contributed by atoms with van der Waals surface area (Å²) in [6.45, 7) is 1.66. The van der Waals surface area contributed by atoms with Gasteiger partial charge in [0, 0.05) is 0 Å². The van der Waals surface area contributed by atoms with Crippen molar-refractivity contribution >= 4 is 0 Å². The van der Waals surface area contributed by atoms with Crippen molar-refractivity contribution < 1.29 is 62.2 Å². The molecule has 1 atom stereocenters. The van der Waals surface area contributed by atoms with Gasteiger partial charge < -0.3 is 9.47 Å². The third kappa shape index (κ3) is 6.07. The molecular weight excluding hydrogens is 416 g/mol. The van der Waals surface area contributed by atoms with Crippen LogP contribution in [0.3, 0.4) is 0 Å². The molecule has 0 saturated carbocycles. The Hall–Kier alpha value is -1.34. The van der Waals surface area contributed by atoms with E-state index in [1.165, 1.54) is 0 Å². The second-order valence-corrected chi connectivity index (χ2v) is 5.17. The van der Waals surface area contributed by atoms with Crippen LogP contribution in [0.2, 0.25) is 0 Å². The summed E-state index contributed by atoms with van der Waals surface area (Å²) in [4.78, 5) is 0. The maximum absolute atomic E-state index is 13.3. The summed E-state index contributed by atoms with van der Waals surface area (Å²) in [5.41, 5.74) is 0. The predicted molar refractivity (Wildman–Crippen MR) is 66.7 cm³/mol. The number of rotatable bonds is 12. The van der Waals surface area contributed by atoms with Gasteiger partial charge in [0.1, 0.15) is 0 Å². The minimum Gasteiger partial charge on any atom is -0.502 e. The first kappa shape index (κ1) is 25.7. The van der Waals surface area contributed by atoms with Crippen LogP contribution in [0, 0.1) is 0 Å². The smallest absolute Gasteiger partial charge is 0.426 e. The molecule has 0 aliphatic heterocycles. The Bertz CT molecular complexity index is 474. The first-order valence-electron chi connectivity index (χ1n) is 7.02. The molecule has 0 aromatic carbocycles. The minimum atomic E-state index is -7.19. The predicted octanol–water partition coefficient (Wildman–Crippen LogP) is 5.73. The Morgan fingerprint density at radius 3 is 1.70 bits per heavy atom. The normalized spacial score (nSPS) is 15.6. The summed E-state index contributed by atoms with van der Waals surface area (Å²) in [7, 11) is 0. The molecule has 0 heterocycles. The van der Waals surface area contributed by atoms with Crippen LogP contribution in [0.5, 0.6) is 0 Å². The Labute approximate surface area is 145 Å². The average molecular weight is 430 g/mol. The average Bonchev–Trinajstić information content (AvgIpc) is 2.48. The molecule has 0 aliphatic rings. The number of alkyl halides is 12. The number of hydrogen-bond acceptors (Lipinski definition) is 2. The van der Waals surface area contributed by atoms with Crippen LogP contribution in [0.1, 0.15) is 19.3 Å². The molecule has 162 valence electrons. The highest BCUT2D eigenvalue weighted by atomic mass is 19.4. The molecule has 1 unspecified atom stereocenters. The molecular formula is C13H14F12O2. The maximum atomic E-state index is 13.3. The van der Waals surface area contributed by atoms with Crippen molar-refractivity contribution in [3.8, 4) is 0 Å². The van der Waals surface area contributed by atoms with Crippen LogP contribution in [0.4, 0.5) is 52.7 Å². The summed E-state index contributed by atoms with van der Waals surface area (Å²) in [6, 6.07) is 0. The molecule has 0 radical (unpaired) electrons. The SMILES string of the molecule is C=COCCCCOC(F)(F)C(F)(F)C(F)(F)C(F)(F)C(F)CC(F)(F)F. The Balaban J connectivity index is 5.27. The van der Waals surface area contributed by atoms with E-state index in [1.54, 1.807) is 0 Å². The van der Waals surface area contributed by atoms with Gasteiger partial charge in [-0.05, 0) is 12.8 Å². The van der Waals surface area contributed by atoms with E-state index in [2.05, 4.69) is 16.1 Å². The van der Waals surface area contributed by atoms with Crippen molar-refractivity contribution in [1.29, 1.82) is 0 Å². The lowest BCUT2D eigenvalue weighted by molar-refractivity contribution is -0.433. The minimum absolute atomic E-state index is 0.0988. The zero-order chi connectivity index (χ0) is 21.7. The third-order valence-electron chi connectivity index (χ3n) is 3.04. The number of ether oxygens (including phenoxy) is 2. The van der Waals surface area contributed by atoms with E-state index in [4.69, 9.17) is 0 Å². The summed E-state index contributed by atoms with van der Waals surface area (Å²) in [5.74, 6) is -21.0. The van der Waals surface area contributed by atoms with Gasteiger partial charge in [-0.15, -0.1) is 0 Å². The summed E-state index contributed by atoms with van der Waals surface area (Å²) < 4.78 is 162. The van der Waals surface area contributed by atoms with Crippen LogP contribution in [0.15, 0.2) is 12.8 Å². The molecule has 27 heavy (non-hydrogen) atoms. The quantitative estimate of drug-likeness (QED) is 0.224. The van der Waals surface area contributed by atoms with Crippen molar-refractivity contribution in [3.63, 3.8) is 0 Å². The number of unbranched alkanes of at least 4 members (excludes halogenated alkanes) is 1. The van der Waals surface area contributed by atoms with Crippen molar-refractivity contribution in [2.45, 2.75) is 55.5 Å². The maximum Gasteiger partial charge on any atom is 0.426 e. The van der Waals surface area contributed by atoms with Crippen LogP contribution in [0.25, 0.3) is 0 Å². The topological polar surface area (TPSA) is 18.5 Å². The Kier molecular flexibility index (Phi) is 8.34. The van der Waals surface area contributed by atoms with Gasteiger partial charge in [-0.2, -0.15) is 48.3 Å². The lowest BCUT2D eigenvalue weighted by atomic mass is 9.97. The zero-order valence-corrected chi connectivity index (χ0v) is 13.2. The summed E-state index contributed by atoms with van der Waals surface area (Å²) in [6.07, 6.45) is -19.8. The molecule has 0 rings (SSSR count). The lowest BCUT2D eigenvalue weighted by Crippen LogP contribution is -2.65. The molecule has 0 N–H and O–H groups in total. The van der Waals surface area contributed by atoms with Crippen molar-refractivity contribution in [2.24, 2.45) is 0 Å². The second kappa shape index (κ2) is 8.78. The van der Waals surface area contributed by atoms with Crippen molar-refractivity contribution in [3.05, 3.63) is 12.8 Å². The van der Waals surface area contributed by atoms with E-state index in [1.807, 2.05) is 0 Å². The van der Waals surface area contributed by atoms with Gasteiger partial charge in [0.05, 0.1) is 25.9 Å². The fourth-order valence-corrected chi connectivity index (χ4v) is 1.58. The number of halogens is 12. The molecule has 0 spiro atoms. The highest BCUT2D eigenvalue weighted by Gasteiger charge is 2.83. The molecule has 14 heteroatoms. The van der Waals surface area contributed by atoms with E-state index >= 15 is 0 Å². The number of hydrogen-bond donors (Lipinski definition) is 0. The second-order valence-electron chi connectivity index (χ2n) is 5.17. The molecule has 0 fully saturated rings. The fraction of sp³-hybridized carbons (Fsp3) is 0.846. The van der Waals surface area contributed by atoms with Gasteiger partial charge in [-0.25, -0.2) is 4.39 Å². The van der Waals surface area contributed by atoms with E-state index in [0.29, 0.717) is 0 Å². The molecule has 0 saturated heterocycles. The van der Waals surface area contributed by atoms with Crippen molar-refractivity contribution in [1.82, 2.24) is 0 Å². The van der Waals surface area contributed by atoms with Gasteiger partial charge in [0.15, 0.2) is 6.17 Å². The highest BCUT2D eigenvalue weighted by Crippen LogP contribution is 2.55. The standard InChI is InChI=1S/C13H14F12O2/c1-2-26-5-3-4-6-27-13(24,25)12(22,23)11(20,21)10(18,19)8(14)7-9(15,16)17/h2,8H,1,3-7H2. The fourth-order valence-electron chi connectivity index (χ4n) is 1.58. The first-order chi connectivity index (χ1) is 11.9. The van der Waals surface area contributed by atoms with Gasteiger partial charge >= 0.3 is 30.1 Å². The molecule has 0 bridgehead atoms. The van der Waals surface area contributed by atoms with Gasteiger partial charge in [-0.3, -0.25) is 0 Å². The van der Waals surface area contributed by atoms with Crippen LogP contribution in [-0.2, 0) is 9.47 Å². The zero-order valence-electron chi connectivity index (χ0n) is 13.2. The lowest BCUT2D eigenvalue weighted by Gasteiger charge is -2.37. The van der Waals surface area contributed by atoms with Crippen LogP contribution in [-0.4, -0.2) is 49.4 Å². The first-order valence-corrected chi connectivity index (χ1v) is 7.02. The largest absolute Gasteiger partial charge is 0.502 e. The van der Waals surface area contributed by atoms with Gasteiger partial charge in [0.25, 0.3) is 0 Å². The van der Waals surface area contributed by atoms with E-state index in [9.17, 15) is 52.7 Å². The highest BCUT2D eigenvalue weighted by molar-refractivity contribution is 5.04. The van der Waals surface area contributed by atoms with E-state index in [0.717, 1.165) is 6.26 Å².